The molecule has 0 spiro atoms. The molecule has 1 aliphatic rings. The molecular weight excluding hydrogens is 214 g/mol. The third-order valence-corrected chi connectivity index (χ3v) is 4.04. The van der Waals surface area contributed by atoms with Crippen molar-refractivity contribution in [3.05, 3.63) is 0 Å². The van der Waals surface area contributed by atoms with E-state index in [1.807, 2.05) is 0 Å². The third kappa shape index (κ3) is 3.68. The van der Waals surface area contributed by atoms with Gasteiger partial charge in [0.1, 0.15) is 0 Å². The van der Waals surface area contributed by atoms with Gasteiger partial charge in [0.05, 0.1) is 5.41 Å². The van der Waals surface area contributed by atoms with Gasteiger partial charge in [0.2, 0.25) is 5.91 Å². The molecule has 4 nitrogen and oxygen atoms in total. The number of hydrogen-bond donors (Lipinski definition) is 2. The summed E-state index contributed by atoms with van der Waals surface area (Å²) in [6.07, 6.45) is 4.06. The van der Waals surface area contributed by atoms with Gasteiger partial charge < -0.3 is 16.0 Å². The minimum Gasteiger partial charge on any atom is -0.356 e. The second kappa shape index (κ2) is 6.36. The molecular formula is C13H27N3O. The van der Waals surface area contributed by atoms with E-state index >= 15 is 0 Å². The summed E-state index contributed by atoms with van der Waals surface area (Å²) in [5.41, 5.74) is 5.46. The fourth-order valence-corrected chi connectivity index (χ4v) is 2.10. The molecule has 0 unspecified atom stereocenters. The van der Waals surface area contributed by atoms with Crippen molar-refractivity contribution >= 4 is 5.91 Å². The SMILES string of the molecule is CC(C)N(C)CCCNC(=O)C1(CN)CCC1. The predicted molar refractivity (Wildman–Crippen MR) is 70.7 cm³/mol. The Balaban J connectivity index is 2.16. The molecule has 100 valence electrons. The van der Waals surface area contributed by atoms with Crippen molar-refractivity contribution in [2.45, 2.75) is 45.6 Å². The van der Waals surface area contributed by atoms with E-state index in [4.69, 9.17) is 5.73 Å². The van der Waals surface area contributed by atoms with Gasteiger partial charge in [0, 0.05) is 19.1 Å². The summed E-state index contributed by atoms with van der Waals surface area (Å²) in [6.45, 7) is 6.63. The Bertz CT molecular complexity index is 244. The molecule has 4 heteroatoms. The number of rotatable bonds is 7. The van der Waals surface area contributed by atoms with Crippen molar-refractivity contribution in [3.8, 4) is 0 Å². The lowest BCUT2D eigenvalue weighted by molar-refractivity contribution is -0.135. The summed E-state index contributed by atoms with van der Waals surface area (Å²) in [4.78, 5) is 14.2. The van der Waals surface area contributed by atoms with Crippen molar-refractivity contribution in [2.24, 2.45) is 11.1 Å². The van der Waals surface area contributed by atoms with Gasteiger partial charge in [-0.2, -0.15) is 0 Å². The number of carbonyl (C=O) groups excluding carboxylic acids is 1. The lowest BCUT2D eigenvalue weighted by Gasteiger charge is -2.39. The molecule has 0 radical (unpaired) electrons. The van der Waals surface area contributed by atoms with Crippen LogP contribution >= 0.6 is 0 Å². The first-order chi connectivity index (χ1) is 8.02. The van der Waals surface area contributed by atoms with Crippen LogP contribution in [0.2, 0.25) is 0 Å². The van der Waals surface area contributed by atoms with Gasteiger partial charge in [-0.1, -0.05) is 6.42 Å². The van der Waals surface area contributed by atoms with E-state index in [9.17, 15) is 4.79 Å². The van der Waals surface area contributed by atoms with Gasteiger partial charge in [-0.25, -0.2) is 0 Å². The molecule has 0 heterocycles. The van der Waals surface area contributed by atoms with Crippen LogP contribution in [-0.2, 0) is 4.79 Å². The smallest absolute Gasteiger partial charge is 0.227 e. The first-order valence-electron chi connectivity index (χ1n) is 6.70. The fraction of sp³-hybridized carbons (Fsp3) is 0.923. The van der Waals surface area contributed by atoms with Crippen LogP contribution in [0.4, 0.5) is 0 Å². The maximum absolute atomic E-state index is 12.0. The Kier molecular flexibility index (Phi) is 5.40. The quantitative estimate of drug-likeness (QED) is 0.653. The van der Waals surface area contributed by atoms with Gasteiger partial charge >= 0.3 is 0 Å². The number of nitrogens with one attached hydrogen (secondary N) is 1. The molecule has 1 saturated carbocycles. The number of carbonyl (C=O) groups is 1. The first kappa shape index (κ1) is 14.5. The maximum Gasteiger partial charge on any atom is 0.227 e. The molecule has 0 aromatic heterocycles. The van der Waals surface area contributed by atoms with E-state index < -0.39 is 0 Å². The van der Waals surface area contributed by atoms with Gasteiger partial charge in [-0.3, -0.25) is 4.79 Å². The van der Waals surface area contributed by atoms with Gasteiger partial charge in [0.25, 0.3) is 0 Å². The number of nitrogens with zero attached hydrogens (tertiary/aromatic N) is 1. The molecule has 3 N–H and O–H groups in total. The van der Waals surface area contributed by atoms with Crippen LogP contribution in [0.25, 0.3) is 0 Å². The maximum atomic E-state index is 12.0. The molecule has 0 atom stereocenters. The summed E-state index contributed by atoms with van der Waals surface area (Å²) in [6, 6.07) is 0.563. The van der Waals surface area contributed by atoms with Crippen LogP contribution in [0.5, 0.6) is 0 Å². The zero-order chi connectivity index (χ0) is 12.9. The molecule has 17 heavy (non-hydrogen) atoms. The Morgan fingerprint density at radius 1 is 1.47 bits per heavy atom. The van der Waals surface area contributed by atoms with Crippen molar-refractivity contribution in [2.75, 3.05) is 26.7 Å². The second-order valence-corrected chi connectivity index (χ2v) is 5.52. The summed E-state index contributed by atoms with van der Waals surface area (Å²) in [7, 11) is 2.11. The second-order valence-electron chi connectivity index (χ2n) is 5.52. The highest BCUT2D eigenvalue weighted by atomic mass is 16.2. The monoisotopic (exact) mass is 241 g/mol. The highest BCUT2D eigenvalue weighted by Crippen LogP contribution is 2.39. The highest BCUT2D eigenvalue weighted by Gasteiger charge is 2.42. The van der Waals surface area contributed by atoms with Crippen LogP contribution < -0.4 is 11.1 Å². The lowest BCUT2D eigenvalue weighted by Crippen LogP contribution is -2.50. The normalized spacial score (nSPS) is 18.2. The molecule has 0 bridgehead atoms. The van der Waals surface area contributed by atoms with Crippen molar-refractivity contribution in [1.29, 1.82) is 0 Å². The topological polar surface area (TPSA) is 58.4 Å². The van der Waals surface area contributed by atoms with Crippen LogP contribution in [0.1, 0.15) is 39.5 Å². The zero-order valence-corrected chi connectivity index (χ0v) is 11.5. The molecule has 0 aromatic rings. The van der Waals surface area contributed by atoms with E-state index in [0.717, 1.165) is 38.8 Å². The summed E-state index contributed by atoms with van der Waals surface area (Å²) in [5.74, 6) is 0.165. The summed E-state index contributed by atoms with van der Waals surface area (Å²) >= 11 is 0. The third-order valence-electron chi connectivity index (χ3n) is 4.04. The molecule has 1 aliphatic carbocycles. The van der Waals surface area contributed by atoms with Crippen molar-refractivity contribution in [1.82, 2.24) is 10.2 Å². The highest BCUT2D eigenvalue weighted by molar-refractivity contribution is 5.83. The van der Waals surface area contributed by atoms with Crippen molar-refractivity contribution in [3.63, 3.8) is 0 Å². The largest absolute Gasteiger partial charge is 0.356 e. The minimum absolute atomic E-state index is 0.165. The average Bonchev–Trinajstić information content (AvgIpc) is 2.23. The molecule has 0 aliphatic heterocycles. The Hall–Kier alpha value is -0.610. The number of hydrogen-bond acceptors (Lipinski definition) is 3. The summed E-state index contributed by atoms with van der Waals surface area (Å²) in [5, 5.41) is 3.03. The Morgan fingerprint density at radius 3 is 2.53 bits per heavy atom. The molecule has 1 amide bonds. The van der Waals surface area contributed by atoms with Crippen molar-refractivity contribution < 1.29 is 4.79 Å². The van der Waals surface area contributed by atoms with E-state index in [2.05, 4.69) is 31.1 Å². The minimum atomic E-state index is -0.232. The van der Waals surface area contributed by atoms with Crippen LogP contribution in [-0.4, -0.2) is 43.5 Å². The Labute approximate surface area is 105 Å². The molecule has 0 saturated heterocycles. The van der Waals surface area contributed by atoms with Crippen LogP contribution in [0.3, 0.4) is 0 Å². The number of nitrogens with two attached hydrogens (primary N) is 1. The fourth-order valence-electron chi connectivity index (χ4n) is 2.10. The van der Waals surface area contributed by atoms with E-state index in [-0.39, 0.29) is 11.3 Å². The molecule has 1 rings (SSSR count). The van der Waals surface area contributed by atoms with E-state index in [1.165, 1.54) is 0 Å². The Morgan fingerprint density at radius 2 is 2.12 bits per heavy atom. The zero-order valence-electron chi connectivity index (χ0n) is 11.5. The van der Waals surface area contributed by atoms with Gasteiger partial charge in [0.15, 0.2) is 0 Å². The van der Waals surface area contributed by atoms with Gasteiger partial charge in [-0.15, -0.1) is 0 Å². The lowest BCUT2D eigenvalue weighted by atomic mass is 9.68. The molecule has 1 fully saturated rings. The van der Waals surface area contributed by atoms with E-state index in [0.29, 0.717) is 12.6 Å². The molecule has 0 aromatic carbocycles. The van der Waals surface area contributed by atoms with Crippen LogP contribution in [0.15, 0.2) is 0 Å². The first-order valence-corrected chi connectivity index (χ1v) is 6.70. The predicted octanol–water partition coefficient (Wildman–Crippen LogP) is 0.962. The number of amides is 1. The van der Waals surface area contributed by atoms with Crippen LogP contribution in [0, 0.1) is 5.41 Å². The van der Waals surface area contributed by atoms with E-state index in [1.54, 1.807) is 0 Å². The average molecular weight is 241 g/mol. The summed E-state index contributed by atoms with van der Waals surface area (Å²) < 4.78 is 0. The van der Waals surface area contributed by atoms with Gasteiger partial charge in [-0.05, 0) is 46.7 Å². The standard InChI is InChI=1S/C13H27N3O/c1-11(2)16(3)9-5-8-15-12(17)13(10-14)6-4-7-13/h11H,4-10,14H2,1-3H3,(H,15,17).